The second-order valence-corrected chi connectivity index (χ2v) is 10.1. The maximum atomic E-state index is 13.3. The molecule has 1 N–H and O–H groups in total. The van der Waals surface area contributed by atoms with Gasteiger partial charge in [0, 0.05) is 19.4 Å². The van der Waals surface area contributed by atoms with E-state index >= 15 is 0 Å². The molecule has 1 aliphatic carbocycles. The first-order chi connectivity index (χ1) is 10.7. The monoisotopic (exact) mass is 338 g/mol. The van der Waals surface area contributed by atoms with Gasteiger partial charge in [0.1, 0.15) is 5.60 Å². The van der Waals surface area contributed by atoms with E-state index in [0.717, 1.165) is 31.3 Å². The lowest BCUT2D eigenvalue weighted by Gasteiger charge is -2.46. The standard InChI is InChI=1S/C21H38O3/c1-16-10-9-11-21(14-16,12-13-22)24-17(23)20(8,19(5,6)7)15-18(2,3)4/h22H,1,9-15H2,2-8H3. The summed E-state index contributed by atoms with van der Waals surface area (Å²) in [5.74, 6) is -0.131. The van der Waals surface area contributed by atoms with Gasteiger partial charge in [-0.1, -0.05) is 53.7 Å². The minimum atomic E-state index is -0.578. The first-order valence-corrected chi connectivity index (χ1v) is 9.26. The van der Waals surface area contributed by atoms with Crippen LogP contribution in [0, 0.1) is 16.2 Å². The molecule has 0 aromatic carbocycles. The van der Waals surface area contributed by atoms with Gasteiger partial charge in [0.15, 0.2) is 0 Å². The first kappa shape index (κ1) is 21.2. The minimum absolute atomic E-state index is 0.0291. The van der Waals surface area contributed by atoms with Gasteiger partial charge in [-0.3, -0.25) is 4.79 Å². The molecule has 1 aliphatic rings. The van der Waals surface area contributed by atoms with Gasteiger partial charge in [0.05, 0.1) is 5.41 Å². The number of aliphatic hydroxyl groups excluding tert-OH is 1. The van der Waals surface area contributed by atoms with Gasteiger partial charge in [0.25, 0.3) is 0 Å². The van der Waals surface area contributed by atoms with Crippen molar-refractivity contribution >= 4 is 5.97 Å². The number of rotatable bonds is 5. The SMILES string of the molecule is C=C1CCCC(CCO)(OC(=O)C(C)(CC(C)(C)C)C(C)(C)C)C1. The molecule has 0 radical (unpaired) electrons. The summed E-state index contributed by atoms with van der Waals surface area (Å²) in [7, 11) is 0. The summed E-state index contributed by atoms with van der Waals surface area (Å²) in [6, 6.07) is 0. The zero-order valence-corrected chi connectivity index (χ0v) is 16.9. The second-order valence-electron chi connectivity index (χ2n) is 10.1. The molecular formula is C21H38O3. The van der Waals surface area contributed by atoms with Crippen molar-refractivity contribution in [1.29, 1.82) is 0 Å². The molecule has 140 valence electrons. The Labute approximate surface area is 148 Å². The van der Waals surface area contributed by atoms with E-state index < -0.39 is 11.0 Å². The topological polar surface area (TPSA) is 46.5 Å². The average molecular weight is 339 g/mol. The number of aliphatic hydroxyl groups is 1. The van der Waals surface area contributed by atoms with Crippen molar-refractivity contribution in [3.05, 3.63) is 12.2 Å². The van der Waals surface area contributed by atoms with Crippen molar-refractivity contribution in [2.45, 2.75) is 92.6 Å². The molecule has 3 nitrogen and oxygen atoms in total. The van der Waals surface area contributed by atoms with Gasteiger partial charge in [-0.25, -0.2) is 0 Å². The summed E-state index contributed by atoms with van der Waals surface area (Å²) in [5.41, 5.74) is -0.209. The molecule has 0 amide bonds. The fraction of sp³-hybridized carbons (Fsp3) is 0.857. The molecule has 3 heteroatoms. The maximum absolute atomic E-state index is 13.3. The van der Waals surface area contributed by atoms with Gasteiger partial charge in [0.2, 0.25) is 0 Å². The third-order valence-corrected chi connectivity index (χ3v) is 5.60. The van der Waals surface area contributed by atoms with Crippen LogP contribution in [0.3, 0.4) is 0 Å². The van der Waals surface area contributed by atoms with Crippen molar-refractivity contribution in [2.24, 2.45) is 16.2 Å². The molecule has 2 atom stereocenters. The molecule has 0 spiro atoms. The van der Waals surface area contributed by atoms with Crippen molar-refractivity contribution in [3.63, 3.8) is 0 Å². The van der Waals surface area contributed by atoms with Crippen LogP contribution >= 0.6 is 0 Å². The number of carbonyl (C=O) groups excluding carboxylic acids is 1. The Morgan fingerprint density at radius 1 is 1.21 bits per heavy atom. The Kier molecular flexibility index (Phi) is 6.36. The van der Waals surface area contributed by atoms with Crippen LogP contribution in [0.15, 0.2) is 12.2 Å². The normalized spacial score (nSPS) is 25.2. The third-order valence-electron chi connectivity index (χ3n) is 5.60. The molecule has 1 saturated carbocycles. The number of ether oxygens (including phenoxy) is 1. The number of carbonyl (C=O) groups is 1. The van der Waals surface area contributed by atoms with Crippen molar-refractivity contribution < 1.29 is 14.6 Å². The highest BCUT2D eigenvalue weighted by Crippen LogP contribution is 2.49. The molecule has 0 aromatic heterocycles. The summed E-state index contributed by atoms with van der Waals surface area (Å²) in [6.07, 6.45) is 4.70. The number of esters is 1. The Morgan fingerprint density at radius 3 is 2.21 bits per heavy atom. The highest BCUT2D eigenvalue weighted by Gasteiger charge is 2.50. The molecule has 0 heterocycles. The quantitative estimate of drug-likeness (QED) is 0.548. The summed E-state index contributed by atoms with van der Waals surface area (Å²) in [4.78, 5) is 13.3. The lowest BCUT2D eigenvalue weighted by atomic mass is 9.61. The van der Waals surface area contributed by atoms with Crippen LogP contribution in [0.2, 0.25) is 0 Å². The van der Waals surface area contributed by atoms with Crippen LogP contribution in [-0.2, 0) is 9.53 Å². The zero-order valence-electron chi connectivity index (χ0n) is 16.9. The highest BCUT2D eigenvalue weighted by molar-refractivity contribution is 5.78. The smallest absolute Gasteiger partial charge is 0.312 e. The van der Waals surface area contributed by atoms with Crippen LogP contribution < -0.4 is 0 Å². The van der Waals surface area contributed by atoms with Gasteiger partial charge in [-0.2, -0.15) is 0 Å². The van der Waals surface area contributed by atoms with Gasteiger partial charge in [-0.15, -0.1) is 0 Å². The Balaban J connectivity index is 3.11. The number of hydrogen-bond acceptors (Lipinski definition) is 3. The van der Waals surface area contributed by atoms with E-state index in [1.807, 2.05) is 6.92 Å². The Hall–Kier alpha value is -0.830. The molecule has 0 aliphatic heterocycles. The lowest BCUT2D eigenvalue weighted by molar-refractivity contribution is -0.184. The molecule has 0 aromatic rings. The summed E-state index contributed by atoms with van der Waals surface area (Å²) >= 11 is 0. The van der Waals surface area contributed by atoms with Gasteiger partial charge in [-0.05, 0) is 43.4 Å². The fourth-order valence-corrected chi connectivity index (χ4v) is 3.86. The van der Waals surface area contributed by atoms with Gasteiger partial charge < -0.3 is 9.84 Å². The van der Waals surface area contributed by atoms with Crippen LogP contribution in [0.25, 0.3) is 0 Å². The van der Waals surface area contributed by atoms with E-state index in [-0.39, 0.29) is 23.4 Å². The predicted molar refractivity (Wildman–Crippen MR) is 99.8 cm³/mol. The van der Waals surface area contributed by atoms with Gasteiger partial charge >= 0.3 is 5.97 Å². The van der Waals surface area contributed by atoms with Crippen LogP contribution in [0.5, 0.6) is 0 Å². The van der Waals surface area contributed by atoms with E-state index in [1.165, 1.54) is 0 Å². The largest absolute Gasteiger partial charge is 0.458 e. The minimum Gasteiger partial charge on any atom is -0.458 e. The summed E-state index contributed by atoms with van der Waals surface area (Å²) < 4.78 is 6.17. The van der Waals surface area contributed by atoms with Crippen LogP contribution in [0.1, 0.15) is 87.0 Å². The van der Waals surface area contributed by atoms with Crippen LogP contribution in [0.4, 0.5) is 0 Å². The molecule has 0 saturated heterocycles. The molecule has 2 unspecified atom stereocenters. The van der Waals surface area contributed by atoms with Crippen molar-refractivity contribution in [1.82, 2.24) is 0 Å². The van der Waals surface area contributed by atoms with Crippen molar-refractivity contribution in [3.8, 4) is 0 Å². The average Bonchev–Trinajstić information content (AvgIpc) is 2.35. The van der Waals surface area contributed by atoms with Crippen LogP contribution in [-0.4, -0.2) is 23.3 Å². The van der Waals surface area contributed by atoms with E-state index in [2.05, 4.69) is 48.1 Å². The van der Waals surface area contributed by atoms with E-state index in [0.29, 0.717) is 12.8 Å². The summed E-state index contributed by atoms with van der Waals surface area (Å²) in [5, 5.41) is 9.51. The first-order valence-electron chi connectivity index (χ1n) is 9.26. The summed E-state index contributed by atoms with van der Waals surface area (Å²) in [6.45, 7) is 19.0. The Morgan fingerprint density at radius 2 is 1.79 bits per heavy atom. The zero-order chi connectivity index (χ0) is 18.8. The number of hydrogen-bond donors (Lipinski definition) is 1. The predicted octanol–water partition coefficient (Wildman–Crippen LogP) is 5.27. The molecular weight excluding hydrogens is 300 g/mol. The maximum Gasteiger partial charge on any atom is 0.312 e. The van der Waals surface area contributed by atoms with E-state index in [1.54, 1.807) is 0 Å². The lowest BCUT2D eigenvalue weighted by Crippen LogP contribution is -2.49. The van der Waals surface area contributed by atoms with Crippen molar-refractivity contribution in [2.75, 3.05) is 6.61 Å². The van der Waals surface area contributed by atoms with E-state index in [9.17, 15) is 9.90 Å². The highest BCUT2D eigenvalue weighted by atomic mass is 16.6. The fourth-order valence-electron chi connectivity index (χ4n) is 3.86. The molecule has 24 heavy (non-hydrogen) atoms. The second kappa shape index (κ2) is 7.19. The molecule has 1 rings (SSSR count). The van der Waals surface area contributed by atoms with E-state index in [4.69, 9.17) is 4.74 Å². The third kappa shape index (κ3) is 5.08. The Bertz CT molecular complexity index is 462. The molecule has 0 bridgehead atoms. The molecule has 1 fully saturated rings.